The van der Waals surface area contributed by atoms with Gasteiger partial charge in [-0.25, -0.2) is 0 Å². The number of carbonyl (C=O) groups is 1. The van der Waals surface area contributed by atoms with Crippen molar-refractivity contribution < 1.29 is 23.2 Å². The van der Waals surface area contributed by atoms with E-state index in [2.05, 4.69) is 10.5 Å². The standard InChI is InChI=1S/C24H22N2O5/c1-4-29-21-13-22-19(20(14-30-22)16-5-7-17(28-3)8-6-16)12-18(21)15(2)11-24(27)25-23-9-10-31-26-23/h5-14H,4H2,1-3H3,(H,25,26,27)/b15-11+. The summed E-state index contributed by atoms with van der Waals surface area (Å²) in [6.07, 6.45) is 4.63. The number of methoxy groups -OCH3 is 1. The Morgan fingerprint density at radius 2 is 2.00 bits per heavy atom. The number of carbonyl (C=O) groups excluding carboxylic acids is 1. The van der Waals surface area contributed by atoms with Gasteiger partial charge < -0.3 is 23.7 Å². The van der Waals surface area contributed by atoms with Gasteiger partial charge >= 0.3 is 0 Å². The molecule has 0 atom stereocenters. The van der Waals surface area contributed by atoms with E-state index in [0.29, 0.717) is 23.8 Å². The van der Waals surface area contributed by atoms with Crippen LogP contribution in [-0.2, 0) is 4.79 Å². The Balaban J connectivity index is 1.74. The van der Waals surface area contributed by atoms with Crippen molar-refractivity contribution in [3.63, 3.8) is 0 Å². The molecule has 2 aromatic heterocycles. The number of allylic oxidation sites excluding steroid dienone is 1. The van der Waals surface area contributed by atoms with Crippen LogP contribution in [0.3, 0.4) is 0 Å². The summed E-state index contributed by atoms with van der Waals surface area (Å²) in [5.74, 6) is 1.48. The molecule has 7 heteroatoms. The highest BCUT2D eigenvalue weighted by atomic mass is 16.5. The molecule has 1 N–H and O–H groups in total. The van der Waals surface area contributed by atoms with E-state index in [-0.39, 0.29) is 5.91 Å². The van der Waals surface area contributed by atoms with Gasteiger partial charge in [0, 0.05) is 34.7 Å². The number of furan rings is 1. The number of hydrogen-bond donors (Lipinski definition) is 1. The molecule has 158 valence electrons. The molecule has 0 saturated carbocycles. The van der Waals surface area contributed by atoms with Gasteiger partial charge in [-0.3, -0.25) is 4.79 Å². The molecule has 0 fully saturated rings. The fourth-order valence-corrected chi connectivity index (χ4v) is 3.35. The Labute approximate surface area is 179 Å². The van der Waals surface area contributed by atoms with Crippen LogP contribution in [-0.4, -0.2) is 24.8 Å². The number of fused-ring (bicyclic) bond motifs is 1. The third kappa shape index (κ3) is 4.30. The first-order chi connectivity index (χ1) is 15.1. The highest BCUT2D eigenvalue weighted by Crippen LogP contribution is 2.38. The predicted octanol–water partition coefficient (Wildman–Crippen LogP) is 5.54. The highest BCUT2D eigenvalue weighted by molar-refractivity contribution is 6.05. The molecule has 4 rings (SSSR count). The van der Waals surface area contributed by atoms with Gasteiger partial charge in [0.05, 0.1) is 20.0 Å². The predicted molar refractivity (Wildman–Crippen MR) is 118 cm³/mol. The molecule has 4 aromatic rings. The normalized spacial score (nSPS) is 11.5. The summed E-state index contributed by atoms with van der Waals surface area (Å²) in [6.45, 7) is 4.26. The molecular formula is C24H22N2O5. The quantitative estimate of drug-likeness (QED) is 0.397. The number of nitrogens with zero attached hydrogens (tertiary/aromatic N) is 1. The number of aromatic nitrogens is 1. The monoisotopic (exact) mass is 418 g/mol. The summed E-state index contributed by atoms with van der Waals surface area (Å²) in [5.41, 5.74) is 4.20. The van der Waals surface area contributed by atoms with Crippen LogP contribution in [0.25, 0.3) is 27.7 Å². The second-order valence-electron chi connectivity index (χ2n) is 6.86. The molecule has 2 heterocycles. The number of nitrogens with one attached hydrogen (secondary N) is 1. The summed E-state index contributed by atoms with van der Waals surface area (Å²) in [7, 11) is 1.64. The minimum Gasteiger partial charge on any atom is -0.497 e. The second-order valence-corrected chi connectivity index (χ2v) is 6.86. The minimum atomic E-state index is -0.309. The van der Waals surface area contributed by atoms with Crippen LogP contribution in [0.5, 0.6) is 11.5 Å². The summed E-state index contributed by atoms with van der Waals surface area (Å²) < 4.78 is 21.6. The van der Waals surface area contributed by atoms with Crippen molar-refractivity contribution in [2.75, 3.05) is 19.0 Å². The van der Waals surface area contributed by atoms with Crippen molar-refractivity contribution >= 4 is 28.3 Å². The SMILES string of the molecule is CCOc1cc2occ(-c3ccc(OC)cc3)c2cc1/C(C)=C/C(=O)Nc1ccon1. The van der Waals surface area contributed by atoms with E-state index < -0.39 is 0 Å². The van der Waals surface area contributed by atoms with Crippen LogP contribution in [0.1, 0.15) is 19.4 Å². The third-order valence-corrected chi connectivity index (χ3v) is 4.84. The number of ether oxygens (including phenoxy) is 2. The molecule has 0 aliphatic heterocycles. The van der Waals surface area contributed by atoms with Gasteiger partial charge in [0.15, 0.2) is 5.82 Å². The maximum atomic E-state index is 12.4. The Hall–Kier alpha value is -4.00. The first kappa shape index (κ1) is 20.3. The van der Waals surface area contributed by atoms with Gasteiger partial charge in [0.1, 0.15) is 23.3 Å². The van der Waals surface area contributed by atoms with Gasteiger partial charge in [0.25, 0.3) is 0 Å². The van der Waals surface area contributed by atoms with Crippen LogP contribution in [0.15, 0.2) is 70.0 Å². The summed E-state index contributed by atoms with van der Waals surface area (Å²) >= 11 is 0. The van der Waals surface area contributed by atoms with E-state index in [4.69, 9.17) is 18.4 Å². The molecular weight excluding hydrogens is 396 g/mol. The molecule has 0 saturated heterocycles. The smallest absolute Gasteiger partial charge is 0.249 e. The van der Waals surface area contributed by atoms with E-state index >= 15 is 0 Å². The summed E-state index contributed by atoms with van der Waals surface area (Å²) in [5, 5.41) is 7.28. The molecule has 0 unspecified atom stereocenters. The molecule has 7 nitrogen and oxygen atoms in total. The van der Waals surface area contributed by atoms with Gasteiger partial charge in [-0.05, 0) is 43.2 Å². The van der Waals surface area contributed by atoms with Crippen molar-refractivity contribution in [3.05, 3.63) is 66.6 Å². The molecule has 31 heavy (non-hydrogen) atoms. The lowest BCUT2D eigenvalue weighted by Crippen LogP contribution is -2.09. The Kier molecular flexibility index (Phi) is 5.75. The second kappa shape index (κ2) is 8.79. The lowest BCUT2D eigenvalue weighted by Gasteiger charge is -2.11. The highest BCUT2D eigenvalue weighted by Gasteiger charge is 2.15. The van der Waals surface area contributed by atoms with E-state index in [1.165, 1.54) is 12.3 Å². The molecule has 0 aliphatic rings. The zero-order valence-electron chi connectivity index (χ0n) is 17.5. The van der Waals surface area contributed by atoms with Crippen LogP contribution >= 0.6 is 0 Å². The van der Waals surface area contributed by atoms with E-state index in [1.807, 2.05) is 50.2 Å². The lowest BCUT2D eigenvalue weighted by atomic mass is 9.99. The first-order valence-electron chi connectivity index (χ1n) is 9.81. The molecule has 0 aliphatic carbocycles. The number of rotatable bonds is 7. The first-order valence-corrected chi connectivity index (χ1v) is 9.81. The van der Waals surface area contributed by atoms with Crippen molar-refractivity contribution in [3.8, 4) is 22.6 Å². The number of anilines is 1. The lowest BCUT2D eigenvalue weighted by molar-refractivity contribution is -0.111. The summed E-state index contributed by atoms with van der Waals surface area (Å²) in [4.78, 5) is 12.4. The van der Waals surface area contributed by atoms with E-state index in [1.54, 1.807) is 19.4 Å². The van der Waals surface area contributed by atoms with Gasteiger partial charge in [-0.2, -0.15) is 0 Å². The maximum absolute atomic E-state index is 12.4. The van der Waals surface area contributed by atoms with Crippen LogP contribution in [0.2, 0.25) is 0 Å². The molecule has 0 spiro atoms. The van der Waals surface area contributed by atoms with Crippen molar-refractivity contribution in [1.82, 2.24) is 5.16 Å². The van der Waals surface area contributed by atoms with Crippen LogP contribution in [0.4, 0.5) is 5.82 Å². The molecule has 0 bridgehead atoms. The van der Waals surface area contributed by atoms with Crippen LogP contribution in [0, 0.1) is 0 Å². The topological polar surface area (TPSA) is 86.7 Å². The summed E-state index contributed by atoms with van der Waals surface area (Å²) in [6, 6.07) is 13.2. The number of hydrogen-bond acceptors (Lipinski definition) is 6. The molecule has 2 aromatic carbocycles. The third-order valence-electron chi connectivity index (χ3n) is 4.84. The zero-order valence-corrected chi connectivity index (χ0v) is 17.5. The van der Waals surface area contributed by atoms with Crippen molar-refractivity contribution in [2.45, 2.75) is 13.8 Å². The Bertz CT molecular complexity index is 1220. The fraction of sp³-hybridized carbons (Fsp3) is 0.167. The van der Waals surface area contributed by atoms with E-state index in [0.717, 1.165) is 33.4 Å². The average Bonchev–Trinajstić information content (AvgIpc) is 3.43. The Morgan fingerprint density at radius 1 is 1.19 bits per heavy atom. The van der Waals surface area contributed by atoms with Crippen LogP contribution < -0.4 is 14.8 Å². The van der Waals surface area contributed by atoms with Crippen molar-refractivity contribution in [2.24, 2.45) is 0 Å². The Morgan fingerprint density at radius 3 is 2.68 bits per heavy atom. The van der Waals surface area contributed by atoms with Gasteiger partial charge in [-0.1, -0.05) is 17.3 Å². The van der Waals surface area contributed by atoms with Gasteiger partial charge in [-0.15, -0.1) is 0 Å². The number of benzene rings is 2. The van der Waals surface area contributed by atoms with Gasteiger partial charge in [0.2, 0.25) is 5.91 Å². The van der Waals surface area contributed by atoms with E-state index in [9.17, 15) is 4.79 Å². The molecule has 0 radical (unpaired) electrons. The fourth-order valence-electron chi connectivity index (χ4n) is 3.35. The number of amides is 1. The zero-order chi connectivity index (χ0) is 21.8. The van der Waals surface area contributed by atoms with Crippen molar-refractivity contribution in [1.29, 1.82) is 0 Å². The molecule has 1 amide bonds. The average molecular weight is 418 g/mol. The maximum Gasteiger partial charge on any atom is 0.249 e. The largest absolute Gasteiger partial charge is 0.497 e. The minimum absolute atomic E-state index is 0.309.